The normalized spacial score (nSPS) is 12.2. The summed E-state index contributed by atoms with van der Waals surface area (Å²) in [7, 11) is 0. The van der Waals surface area contributed by atoms with Crippen LogP contribution in [-0.2, 0) is 0 Å². The van der Waals surface area contributed by atoms with Crippen LogP contribution in [0.5, 0.6) is 0 Å². The SMILES string of the molecule is Cc1ccccc1-c1cc2c3c(cccc3c1C)Sc1ccncc1-2. The summed E-state index contributed by atoms with van der Waals surface area (Å²) < 4.78 is 0. The molecule has 5 rings (SSSR count). The molecule has 1 aliphatic rings. The largest absolute Gasteiger partial charge is 0.264 e. The molecular formula is C23H17NS. The summed E-state index contributed by atoms with van der Waals surface area (Å²) in [4.78, 5) is 7.01. The Labute approximate surface area is 151 Å². The van der Waals surface area contributed by atoms with E-state index >= 15 is 0 Å². The molecular weight excluding hydrogens is 322 g/mol. The molecule has 0 atom stereocenters. The van der Waals surface area contributed by atoms with Crippen molar-refractivity contribution < 1.29 is 0 Å². The molecule has 3 aromatic carbocycles. The monoisotopic (exact) mass is 339 g/mol. The van der Waals surface area contributed by atoms with Crippen molar-refractivity contribution in [1.82, 2.24) is 4.98 Å². The Morgan fingerprint density at radius 1 is 0.760 bits per heavy atom. The van der Waals surface area contributed by atoms with E-state index in [4.69, 9.17) is 0 Å². The van der Waals surface area contributed by atoms with Crippen LogP contribution in [0.25, 0.3) is 33.0 Å². The fourth-order valence-corrected chi connectivity index (χ4v) is 4.94. The number of nitrogens with zero attached hydrogens (tertiary/aromatic N) is 1. The van der Waals surface area contributed by atoms with Crippen LogP contribution in [0.15, 0.2) is 76.8 Å². The third kappa shape index (κ3) is 2.14. The number of pyridine rings is 1. The lowest BCUT2D eigenvalue weighted by Crippen LogP contribution is -1.97. The minimum Gasteiger partial charge on any atom is -0.264 e. The molecule has 0 spiro atoms. The van der Waals surface area contributed by atoms with Crippen LogP contribution in [0.1, 0.15) is 11.1 Å². The van der Waals surface area contributed by atoms with Gasteiger partial charge >= 0.3 is 0 Å². The van der Waals surface area contributed by atoms with E-state index in [-0.39, 0.29) is 0 Å². The summed E-state index contributed by atoms with van der Waals surface area (Å²) in [5.74, 6) is 0. The Morgan fingerprint density at radius 3 is 2.52 bits per heavy atom. The number of aryl methyl sites for hydroxylation is 2. The van der Waals surface area contributed by atoms with E-state index in [1.165, 1.54) is 53.9 Å². The van der Waals surface area contributed by atoms with Crippen LogP contribution >= 0.6 is 11.8 Å². The zero-order valence-corrected chi connectivity index (χ0v) is 15.0. The molecule has 2 heteroatoms. The molecule has 1 nitrogen and oxygen atoms in total. The fraction of sp³-hybridized carbons (Fsp3) is 0.0870. The third-order valence-electron chi connectivity index (χ3n) is 5.12. The molecule has 0 saturated heterocycles. The van der Waals surface area contributed by atoms with Crippen molar-refractivity contribution in [1.29, 1.82) is 0 Å². The smallest absolute Gasteiger partial charge is 0.0357 e. The summed E-state index contributed by atoms with van der Waals surface area (Å²) in [6.45, 7) is 4.43. The molecule has 0 amide bonds. The molecule has 4 aromatic rings. The molecule has 0 saturated carbocycles. The maximum absolute atomic E-state index is 4.39. The first-order chi connectivity index (χ1) is 12.2. The molecule has 0 unspecified atom stereocenters. The second-order valence-electron chi connectivity index (χ2n) is 6.56. The fourth-order valence-electron chi connectivity index (χ4n) is 3.84. The van der Waals surface area contributed by atoms with Crippen molar-refractivity contribution in [3.05, 3.63) is 78.1 Å². The van der Waals surface area contributed by atoms with Gasteiger partial charge in [-0.1, -0.05) is 48.2 Å². The highest BCUT2D eigenvalue weighted by molar-refractivity contribution is 7.99. The van der Waals surface area contributed by atoms with Gasteiger partial charge < -0.3 is 0 Å². The predicted molar refractivity (Wildman–Crippen MR) is 106 cm³/mol. The van der Waals surface area contributed by atoms with Crippen LogP contribution in [-0.4, -0.2) is 4.98 Å². The zero-order chi connectivity index (χ0) is 17.0. The average Bonchev–Trinajstić information content (AvgIpc) is 2.64. The highest BCUT2D eigenvalue weighted by Crippen LogP contribution is 2.49. The van der Waals surface area contributed by atoms with Crippen molar-refractivity contribution in [2.45, 2.75) is 23.6 Å². The Morgan fingerprint density at radius 2 is 1.64 bits per heavy atom. The summed E-state index contributed by atoms with van der Waals surface area (Å²) in [5.41, 5.74) is 7.83. The van der Waals surface area contributed by atoms with E-state index in [9.17, 15) is 0 Å². The molecule has 0 radical (unpaired) electrons. The zero-order valence-electron chi connectivity index (χ0n) is 14.2. The molecule has 1 aliphatic heterocycles. The number of aromatic nitrogens is 1. The molecule has 25 heavy (non-hydrogen) atoms. The average molecular weight is 339 g/mol. The minimum atomic E-state index is 1.24. The first-order valence-corrected chi connectivity index (χ1v) is 9.30. The Balaban J connectivity index is 1.94. The number of rotatable bonds is 1. The van der Waals surface area contributed by atoms with Crippen LogP contribution in [0.3, 0.4) is 0 Å². The lowest BCUT2D eigenvalue weighted by atomic mass is 9.88. The van der Waals surface area contributed by atoms with Gasteiger partial charge in [0.05, 0.1) is 0 Å². The van der Waals surface area contributed by atoms with E-state index in [2.05, 4.69) is 73.4 Å². The summed E-state index contributed by atoms with van der Waals surface area (Å²) in [5, 5.41) is 2.71. The van der Waals surface area contributed by atoms with Crippen LogP contribution in [0.2, 0.25) is 0 Å². The van der Waals surface area contributed by atoms with Crippen molar-refractivity contribution in [3.63, 3.8) is 0 Å². The summed E-state index contributed by atoms with van der Waals surface area (Å²) in [6.07, 6.45) is 3.89. The van der Waals surface area contributed by atoms with Crippen molar-refractivity contribution >= 4 is 22.5 Å². The summed E-state index contributed by atoms with van der Waals surface area (Å²) >= 11 is 1.85. The molecule has 0 aliphatic carbocycles. The van der Waals surface area contributed by atoms with Gasteiger partial charge in [0.25, 0.3) is 0 Å². The second kappa shape index (κ2) is 5.47. The molecule has 0 fully saturated rings. The van der Waals surface area contributed by atoms with E-state index in [1.54, 1.807) is 0 Å². The van der Waals surface area contributed by atoms with Gasteiger partial charge in [-0.05, 0) is 65.3 Å². The maximum Gasteiger partial charge on any atom is 0.0357 e. The lowest BCUT2D eigenvalue weighted by Gasteiger charge is -2.23. The molecule has 2 heterocycles. The minimum absolute atomic E-state index is 1.24. The van der Waals surface area contributed by atoms with Crippen molar-refractivity contribution in [2.24, 2.45) is 0 Å². The Bertz CT molecular complexity index is 1140. The van der Waals surface area contributed by atoms with Gasteiger partial charge in [0.2, 0.25) is 0 Å². The Hall–Kier alpha value is -2.58. The van der Waals surface area contributed by atoms with Gasteiger partial charge in [0.15, 0.2) is 0 Å². The highest BCUT2D eigenvalue weighted by Gasteiger charge is 2.22. The van der Waals surface area contributed by atoms with Crippen LogP contribution in [0, 0.1) is 13.8 Å². The molecule has 0 bridgehead atoms. The number of benzene rings is 3. The molecule has 120 valence electrons. The standard InChI is InChI=1S/C23H17NS/c1-14-6-3-4-7-16(14)18-12-19-20-13-24-11-10-21(20)25-22-9-5-8-17(15(18)2)23(19)22/h3-13H,1-2H3. The molecule has 1 aromatic heterocycles. The van der Waals surface area contributed by atoms with E-state index < -0.39 is 0 Å². The molecule has 0 N–H and O–H groups in total. The second-order valence-corrected chi connectivity index (χ2v) is 7.65. The van der Waals surface area contributed by atoms with Gasteiger partial charge in [-0.15, -0.1) is 0 Å². The van der Waals surface area contributed by atoms with Crippen molar-refractivity contribution in [3.8, 4) is 22.3 Å². The predicted octanol–water partition coefficient (Wildman–Crippen LogP) is 6.65. The van der Waals surface area contributed by atoms with E-state index in [0.717, 1.165) is 0 Å². The number of hydrogen-bond acceptors (Lipinski definition) is 2. The van der Waals surface area contributed by atoms with Crippen molar-refractivity contribution in [2.75, 3.05) is 0 Å². The number of fused-ring (bicyclic) bond motifs is 2. The lowest BCUT2D eigenvalue weighted by molar-refractivity contribution is 1.25. The first-order valence-electron chi connectivity index (χ1n) is 8.48. The maximum atomic E-state index is 4.39. The van der Waals surface area contributed by atoms with Crippen LogP contribution in [0.4, 0.5) is 0 Å². The Kier molecular flexibility index (Phi) is 3.22. The highest BCUT2D eigenvalue weighted by atomic mass is 32.2. The van der Waals surface area contributed by atoms with Gasteiger partial charge in [-0.2, -0.15) is 0 Å². The van der Waals surface area contributed by atoms with E-state index in [0.29, 0.717) is 0 Å². The number of hydrogen-bond donors (Lipinski definition) is 0. The summed E-state index contributed by atoms with van der Waals surface area (Å²) in [6, 6.07) is 19.8. The van der Waals surface area contributed by atoms with E-state index in [1.807, 2.05) is 24.2 Å². The van der Waals surface area contributed by atoms with Gasteiger partial charge in [-0.25, -0.2) is 0 Å². The van der Waals surface area contributed by atoms with Gasteiger partial charge in [-0.3, -0.25) is 4.98 Å². The quantitative estimate of drug-likeness (QED) is 0.339. The van der Waals surface area contributed by atoms with Crippen LogP contribution < -0.4 is 0 Å². The topological polar surface area (TPSA) is 12.9 Å². The third-order valence-corrected chi connectivity index (χ3v) is 6.25. The van der Waals surface area contributed by atoms with Gasteiger partial charge in [0.1, 0.15) is 0 Å². The van der Waals surface area contributed by atoms with Gasteiger partial charge in [0, 0.05) is 33.1 Å². The first kappa shape index (κ1) is 14.7.